The molecule has 0 radical (unpaired) electrons. The monoisotopic (exact) mass is 1220 g/mol. The molecule has 22 aliphatic heterocycles. The van der Waals surface area contributed by atoms with E-state index < -0.39 is 236 Å². The van der Waals surface area contributed by atoms with Gasteiger partial charge in [-0.3, -0.25) is 4.79 Å². The van der Waals surface area contributed by atoms with Gasteiger partial charge in [0.05, 0.1) is 50.0 Å². The SMILES string of the molecule is O=C(O)c1ccc(N=Nc2ccc(C(=O)NC[C@H]3O[C@@H]4O[C@H]5[C@H](O)[C@@H](O)[C@@H](O[C@H]6[C@H](O)[C@@H](O)[C@@H](O[C@H]7[C@H](O)[C@@H](O)[C@@H](O[C@H]8[C@H](O)[C@@H](O)[C@@H](O[C@H]9[C@H](O)[C@@H](O)[C@@H](O[C@H]3[C@H](O)[C@H]4O)O[C@@H]9CO)O[C@@H]8CO)O[C@@H]7CO)O[C@@H]6CO)O[C@@H]5CO)cc2)cc1. The number of amides is 1. The van der Waals surface area contributed by atoms with E-state index in [1.807, 2.05) is 0 Å². The van der Waals surface area contributed by atoms with Gasteiger partial charge in [0.15, 0.2) is 37.7 Å². The molecule has 35 nitrogen and oxygen atoms in total. The van der Waals surface area contributed by atoms with Crippen LogP contribution in [-0.4, -0.2) is 328 Å². The molecule has 35 heteroatoms. The molecule has 22 aliphatic rings. The molecule has 2 aromatic rings. The number of hydrogen-bond acceptors (Lipinski definition) is 33. The summed E-state index contributed by atoms with van der Waals surface area (Å²) in [6.07, 6.45) is -60.4. The van der Waals surface area contributed by atoms with Crippen molar-refractivity contribution in [2.75, 3.05) is 39.6 Å². The van der Waals surface area contributed by atoms with Crippen LogP contribution in [0.1, 0.15) is 20.7 Å². The van der Waals surface area contributed by atoms with Gasteiger partial charge in [-0.1, -0.05) is 0 Å². The van der Waals surface area contributed by atoms with Gasteiger partial charge in [-0.25, -0.2) is 4.79 Å². The third kappa shape index (κ3) is 13.7. The summed E-state index contributed by atoms with van der Waals surface area (Å²) in [5, 5.41) is 210. The number of carboxylic acid groups (broad SMARTS) is 1. The Morgan fingerprint density at radius 2 is 0.553 bits per heavy atom. The van der Waals surface area contributed by atoms with E-state index >= 15 is 0 Å². The first-order valence-electron chi connectivity index (χ1n) is 26.8. The molecule has 24 rings (SSSR count). The minimum absolute atomic E-state index is 0.00895. The average Bonchev–Trinajstić information content (AvgIpc) is 3.12. The number of carbonyl (C=O) groups excluding carboxylic acids is 1. The second-order valence-electron chi connectivity index (χ2n) is 21.0. The first-order valence-corrected chi connectivity index (χ1v) is 26.8. The molecule has 85 heavy (non-hydrogen) atoms. The van der Waals surface area contributed by atoms with E-state index in [0.29, 0.717) is 5.69 Å². The van der Waals surface area contributed by atoms with Gasteiger partial charge in [-0.15, -0.1) is 0 Å². The largest absolute Gasteiger partial charge is 0.478 e. The maximum absolute atomic E-state index is 13.7. The molecule has 0 spiro atoms. The van der Waals surface area contributed by atoms with E-state index in [0.717, 1.165) is 0 Å². The van der Waals surface area contributed by atoms with Gasteiger partial charge in [0.2, 0.25) is 0 Å². The van der Waals surface area contributed by atoms with E-state index in [4.69, 9.17) is 61.9 Å². The first kappa shape index (κ1) is 65.3. The third-order valence-corrected chi connectivity index (χ3v) is 15.5. The van der Waals surface area contributed by atoms with Crippen molar-refractivity contribution in [3.05, 3.63) is 59.7 Å². The van der Waals surface area contributed by atoms with Crippen molar-refractivity contribution < 1.29 is 158 Å². The van der Waals surface area contributed by atoms with Crippen molar-refractivity contribution in [1.82, 2.24) is 5.32 Å². The second-order valence-corrected chi connectivity index (χ2v) is 21.0. The van der Waals surface area contributed by atoms with Crippen LogP contribution in [0.5, 0.6) is 0 Å². The molecule has 30 atom stereocenters. The predicted octanol–water partition coefficient (Wildman–Crippen LogP) is -9.50. The Bertz CT molecular complexity index is 2520. The predicted molar refractivity (Wildman–Crippen MR) is 265 cm³/mol. The molecule has 1 amide bonds. The van der Waals surface area contributed by atoms with Crippen molar-refractivity contribution in [2.24, 2.45) is 10.2 Å². The summed E-state index contributed by atoms with van der Waals surface area (Å²) in [6, 6.07) is 11.0. The van der Waals surface area contributed by atoms with Crippen LogP contribution in [0.4, 0.5) is 11.4 Å². The maximum Gasteiger partial charge on any atom is 0.335 e. The Labute approximate surface area is 479 Å². The molecule has 0 aliphatic carbocycles. The third-order valence-electron chi connectivity index (χ3n) is 15.5. The Morgan fingerprint density at radius 3 is 0.788 bits per heavy atom. The Kier molecular flexibility index (Phi) is 21.6. The lowest BCUT2D eigenvalue weighted by molar-refractivity contribution is -0.403. The van der Waals surface area contributed by atoms with Gasteiger partial charge in [0.25, 0.3) is 5.91 Å². The highest BCUT2D eigenvalue weighted by Crippen LogP contribution is 2.38. The standard InChI is InChI=1S/C50H69N3O32/c54-10-20-38-27(61)33(67)47(76-20)83-40-22(12-56)78-49(35(69)29(40)63)85-42-24(14-58)79-50(36(70)30(42)64)84-41-23(13-57)77-48(34(68)28(41)62)82-39-21(11-55)75-46(32(66)26(39)60)80-37-19(74-45(81-38)31(65)25(37)59)9-51-43(71)15-1-5-17(6-2-15)52-53-18-7-3-16(4-8-18)44(72)73/h1-8,19-42,45-50,54-70H,9-14H2,(H,51,71)(H,72,73)/t19-,20-,21-,22-,23-,24-,25-,26-,27-,28-,29-,30-,31-,32-,33-,34-,35-,36-,37-,38-,39-,40-,41-,42-,45-,46-,47-,48-,49-,50-/m1/s1. The number of aliphatic hydroxyl groups is 17. The number of hydrogen-bond donors (Lipinski definition) is 19. The molecule has 2 aromatic carbocycles. The fraction of sp³-hybridized carbons (Fsp3) is 0.720. The van der Waals surface area contributed by atoms with Crippen molar-refractivity contribution in [2.45, 2.75) is 184 Å². The number of azo groups is 1. The molecule has 476 valence electrons. The zero-order valence-electron chi connectivity index (χ0n) is 44.3. The van der Waals surface area contributed by atoms with E-state index in [2.05, 4.69) is 15.5 Å². The Morgan fingerprint density at radius 1 is 0.329 bits per heavy atom. The number of ether oxygens (including phenoxy) is 12. The van der Waals surface area contributed by atoms with Gasteiger partial charge in [0.1, 0.15) is 146 Å². The number of nitrogens with zero attached hydrogens (tertiary/aromatic N) is 2. The Balaban J connectivity index is 0.996. The number of nitrogens with one attached hydrogen (secondary N) is 1. The van der Waals surface area contributed by atoms with Gasteiger partial charge >= 0.3 is 5.97 Å². The van der Waals surface area contributed by atoms with Crippen LogP contribution in [0.2, 0.25) is 0 Å². The minimum atomic E-state index is -2.25. The number of carboxylic acids is 1. The fourth-order valence-corrected chi connectivity index (χ4v) is 10.7. The molecular weight excluding hydrogens is 1150 g/mol. The maximum atomic E-state index is 13.7. The minimum Gasteiger partial charge on any atom is -0.478 e. The average molecular weight is 1220 g/mol. The summed E-state index contributed by atoms with van der Waals surface area (Å²) in [5.74, 6) is -1.94. The smallest absolute Gasteiger partial charge is 0.335 e. The van der Waals surface area contributed by atoms with Crippen LogP contribution in [0.15, 0.2) is 58.8 Å². The fourth-order valence-electron chi connectivity index (χ4n) is 10.7. The number of rotatable bonds is 11. The Hall–Kier alpha value is -4.18. The molecule has 22 saturated heterocycles. The first-order chi connectivity index (χ1) is 40.6. The second kappa shape index (κ2) is 28.1. The van der Waals surface area contributed by atoms with Gasteiger partial charge in [0, 0.05) is 12.1 Å². The van der Waals surface area contributed by atoms with E-state index in [9.17, 15) is 96.4 Å². The van der Waals surface area contributed by atoms with Crippen molar-refractivity contribution in [3.8, 4) is 0 Å². The summed E-state index contributed by atoms with van der Waals surface area (Å²) < 4.78 is 69.6. The molecule has 0 saturated carbocycles. The summed E-state index contributed by atoms with van der Waals surface area (Å²) >= 11 is 0. The van der Waals surface area contributed by atoms with Gasteiger partial charge < -0.3 is 154 Å². The molecule has 19 N–H and O–H groups in total. The number of carbonyl (C=O) groups is 2. The zero-order valence-corrected chi connectivity index (χ0v) is 44.3. The van der Waals surface area contributed by atoms with Crippen LogP contribution in [0.3, 0.4) is 0 Å². The quantitative estimate of drug-likeness (QED) is 0.0929. The van der Waals surface area contributed by atoms with E-state index in [1.165, 1.54) is 48.5 Å². The summed E-state index contributed by atoms with van der Waals surface area (Å²) in [5.41, 5.74) is 0.617. The summed E-state index contributed by atoms with van der Waals surface area (Å²) in [4.78, 5) is 24.9. The van der Waals surface area contributed by atoms with Crippen molar-refractivity contribution in [3.63, 3.8) is 0 Å². The van der Waals surface area contributed by atoms with E-state index in [1.54, 1.807) is 0 Å². The lowest BCUT2D eigenvalue weighted by Gasteiger charge is -2.50. The highest BCUT2D eigenvalue weighted by atomic mass is 16.8. The summed E-state index contributed by atoms with van der Waals surface area (Å²) in [6.45, 7) is -5.89. The van der Waals surface area contributed by atoms with Crippen LogP contribution >= 0.6 is 0 Å². The molecule has 22 fully saturated rings. The number of aliphatic hydroxyl groups excluding tert-OH is 17. The van der Waals surface area contributed by atoms with Crippen molar-refractivity contribution in [1.29, 1.82) is 0 Å². The van der Waals surface area contributed by atoms with Crippen LogP contribution < -0.4 is 5.32 Å². The number of benzene rings is 2. The normalized spacial score (nSPS) is 45.5. The van der Waals surface area contributed by atoms with Gasteiger partial charge in [-0.05, 0) is 48.5 Å². The van der Waals surface area contributed by atoms with Gasteiger partial charge in [-0.2, -0.15) is 10.2 Å². The highest BCUT2D eigenvalue weighted by Gasteiger charge is 2.59. The highest BCUT2D eigenvalue weighted by molar-refractivity contribution is 5.94. The molecular formula is C50H69N3O32. The molecule has 0 aromatic heterocycles. The van der Waals surface area contributed by atoms with Crippen molar-refractivity contribution >= 4 is 23.3 Å². The van der Waals surface area contributed by atoms with Crippen LogP contribution in [-0.2, 0) is 56.8 Å². The molecule has 0 unspecified atom stereocenters. The topological polar surface area (TPSA) is 546 Å². The lowest BCUT2D eigenvalue weighted by atomic mass is 9.94. The van der Waals surface area contributed by atoms with E-state index in [-0.39, 0.29) is 16.8 Å². The molecule has 12 bridgehead atoms. The zero-order chi connectivity index (χ0) is 61.3. The molecule has 22 heterocycles. The number of aromatic carboxylic acids is 1. The van der Waals surface area contributed by atoms with Crippen LogP contribution in [0, 0.1) is 0 Å². The lowest BCUT2D eigenvalue weighted by Crippen LogP contribution is -2.69. The van der Waals surface area contributed by atoms with Crippen LogP contribution in [0.25, 0.3) is 0 Å². The summed E-state index contributed by atoms with van der Waals surface area (Å²) in [7, 11) is 0.